The van der Waals surface area contributed by atoms with E-state index in [4.69, 9.17) is 0 Å². The van der Waals surface area contributed by atoms with Crippen molar-refractivity contribution in [1.82, 2.24) is 0 Å². The summed E-state index contributed by atoms with van der Waals surface area (Å²) in [4.78, 5) is 0. The van der Waals surface area contributed by atoms with Gasteiger partial charge in [-0.05, 0) is 303 Å². The summed E-state index contributed by atoms with van der Waals surface area (Å²) in [5.41, 5.74) is 27.5. The molecule has 14 rings (SSSR count). The van der Waals surface area contributed by atoms with Gasteiger partial charge in [-0.15, -0.1) is 0 Å². The van der Waals surface area contributed by atoms with Crippen molar-refractivity contribution in [3.05, 3.63) is 213 Å². The van der Waals surface area contributed by atoms with Crippen molar-refractivity contribution in [1.29, 1.82) is 21.0 Å². The normalized spacial score (nSPS) is 11.8. The maximum absolute atomic E-state index is 10.1. The quantitative estimate of drug-likeness (QED) is 0.164. The van der Waals surface area contributed by atoms with Crippen LogP contribution in [0.4, 0.5) is 0 Å². The Balaban J connectivity index is 1.09. The van der Waals surface area contributed by atoms with E-state index in [-0.39, 0.29) is 0 Å². The van der Waals surface area contributed by atoms with Crippen molar-refractivity contribution in [3.8, 4) is 113 Å². The first-order valence-electron chi connectivity index (χ1n) is 25.7. The zero-order valence-corrected chi connectivity index (χ0v) is 42.8. The van der Waals surface area contributed by atoms with Crippen molar-refractivity contribution >= 4 is 53.9 Å². The number of nitrogens with zero attached hydrogens (tertiary/aromatic N) is 4. The highest BCUT2D eigenvalue weighted by Gasteiger charge is 2.29. The van der Waals surface area contributed by atoms with Crippen LogP contribution in [-0.4, -0.2) is 0 Å². The van der Waals surface area contributed by atoms with E-state index in [0.29, 0.717) is 22.3 Å². The van der Waals surface area contributed by atoms with Crippen LogP contribution in [0.25, 0.3) is 143 Å². The van der Waals surface area contributed by atoms with Gasteiger partial charge in [0.05, 0.1) is 46.5 Å². The van der Waals surface area contributed by atoms with Crippen molar-refractivity contribution in [2.75, 3.05) is 0 Å². The fraction of sp³-hybridized carbons (Fsp3) is 0.0833. The van der Waals surface area contributed by atoms with Crippen LogP contribution in [0.2, 0.25) is 0 Å². The summed E-state index contributed by atoms with van der Waals surface area (Å²) < 4.78 is 0. The van der Waals surface area contributed by atoms with Crippen LogP contribution >= 0.6 is 0 Å². The Kier molecular flexibility index (Phi) is 9.50. The lowest BCUT2D eigenvalue weighted by atomic mass is 9.83. The molecule has 0 unspecified atom stereocenters. The average Bonchev–Trinajstić information content (AvgIpc) is 4.12. The molecule has 0 saturated heterocycles. The predicted octanol–water partition coefficient (Wildman–Crippen LogP) is 18.8. The Hall–Kier alpha value is -10.1. The van der Waals surface area contributed by atoms with Gasteiger partial charge >= 0.3 is 0 Å². The maximum Gasteiger partial charge on any atom is 0.0991 e. The minimum Gasteiger partial charge on any atom is -0.192 e. The maximum atomic E-state index is 10.1. The molecule has 2 aliphatic carbocycles. The van der Waals surface area contributed by atoms with E-state index < -0.39 is 0 Å². The third-order valence-corrected chi connectivity index (χ3v) is 16.7. The monoisotopic (exact) mass is 964 g/mol. The highest BCUT2D eigenvalue weighted by atomic mass is 14.3. The fourth-order valence-corrected chi connectivity index (χ4v) is 13.6. The van der Waals surface area contributed by atoms with Crippen molar-refractivity contribution in [2.45, 2.75) is 41.5 Å². The molecule has 0 radical (unpaired) electrons. The van der Waals surface area contributed by atoms with Crippen molar-refractivity contribution in [3.63, 3.8) is 0 Å². The Bertz CT molecular complexity index is 4560. The summed E-state index contributed by atoms with van der Waals surface area (Å²) in [5.74, 6) is 0. The molecule has 0 heterocycles. The van der Waals surface area contributed by atoms with Crippen molar-refractivity contribution in [2.24, 2.45) is 0 Å². The van der Waals surface area contributed by atoms with Gasteiger partial charge in [-0.1, -0.05) is 72.8 Å². The predicted molar refractivity (Wildman–Crippen MR) is 312 cm³/mol. The summed E-state index contributed by atoms with van der Waals surface area (Å²) >= 11 is 0. The number of benzene rings is 12. The van der Waals surface area contributed by atoms with Gasteiger partial charge in [0, 0.05) is 0 Å². The highest BCUT2D eigenvalue weighted by Crippen LogP contribution is 2.56. The van der Waals surface area contributed by atoms with Gasteiger partial charge in [0.25, 0.3) is 0 Å². The molecule has 0 aliphatic heterocycles. The molecule has 0 fully saturated rings. The van der Waals surface area contributed by atoms with Crippen LogP contribution in [0, 0.1) is 86.9 Å². The van der Waals surface area contributed by atoms with E-state index in [1.807, 2.05) is 48.5 Å². The molecule has 0 aromatic heterocycles. The lowest BCUT2D eigenvalue weighted by Crippen LogP contribution is -1.94. The molecule has 0 amide bonds. The number of fused-ring (bicyclic) bond motifs is 11. The molecule has 0 saturated carbocycles. The van der Waals surface area contributed by atoms with Crippen LogP contribution in [0.1, 0.15) is 55.6 Å². The minimum atomic E-state index is 0.628. The van der Waals surface area contributed by atoms with E-state index in [9.17, 15) is 21.0 Å². The van der Waals surface area contributed by atoms with E-state index in [1.54, 1.807) is 0 Å². The lowest BCUT2D eigenvalue weighted by molar-refractivity contribution is 1.35. The molecule has 0 bridgehead atoms. The number of hydrogen-bond acceptors (Lipinski definition) is 4. The van der Waals surface area contributed by atoms with Crippen LogP contribution < -0.4 is 0 Å². The first-order valence-corrected chi connectivity index (χ1v) is 25.7. The molecule has 0 spiro atoms. The molecule has 2 aliphatic rings. The topological polar surface area (TPSA) is 95.2 Å². The van der Waals surface area contributed by atoms with Gasteiger partial charge in [-0.3, -0.25) is 0 Å². The summed E-state index contributed by atoms with van der Waals surface area (Å²) in [7, 11) is 0. The standard InChI is InChI=1S/C72H44N4/c1-37-21-43(33-73)13-15-47(37)57-27-65-66(67-29-59-51-11-7-9-49-53(69-39(3)23-45(35-75)24-40(69)4)17-19-55(71(49)51)61(59)31-63(57)67)28-58(48-16-14-44(34-74)22-38(48)2)64-32-62-56-20-18-54(70-41(5)25-46(36-76)26-42(70)6)50-10-8-12-52(72(50)56)60(62)30-68(64)65/h7-32H,1-6H3. The van der Waals surface area contributed by atoms with Gasteiger partial charge < -0.3 is 0 Å². The minimum absolute atomic E-state index is 0.628. The number of nitriles is 4. The molecule has 352 valence electrons. The van der Waals surface area contributed by atoms with Gasteiger partial charge in [0.2, 0.25) is 0 Å². The Morgan fingerprint density at radius 1 is 0.224 bits per heavy atom. The second kappa shape index (κ2) is 16.2. The molecule has 4 heteroatoms. The molecule has 0 atom stereocenters. The number of hydrogen-bond donors (Lipinski definition) is 0. The molecule has 76 heavy (non-hydrogen) atoms. The van der Waals surface area contributed by atoms with E-state index in [0.717, 1.165) is 110 Å². The van der Waals surface area contributed by atoms with Gasteiger partial charge in [-0.25, -0.2) is 0 Å². The van der Waals surface area contributed by atoms with E-state index >= 15 is 0 Å². The van der Waals surface area contributed by atoms with E-state index in [2.05, 4.69) is 175 Å². The second-order valence-electron chi connectivity index (χ2n) is 21.1. The Morgan fingerprint density at radius 2 is 0.513 bits per heavy atom. The second-order valence-corrected chi connectivity index (χ2v) is 21.1. The summed E-state index contributed by atoms with van der Waals surface area (Å²) in [5, 5.41) is 51.4. The molecular weight excluding hydrogens is 921 g/mol. The van der Waals surface area contributed by atoms with Crippen LogP contribution in [0.5, 0.6) is 0 Å². The van der Waals surface area contributed by atoms with E-state index in [1.165, 1.54) is 66.1 Å². The zero-order chi connectivity index (χ0) is 52.0. The Labute approximate surface area is 440 Å². The van der Waals surface area contributed by atoms with Crippen LogP contribution in [-0.2, 0) is 0 Å². The zero-order valence-electron chi connectivity index (χ0n) is 42.8. The average molecular weight is 965 g/mol. The molecule has 12 aromatic carbocycles. The summed E-state index contributed by atoms with van der Waals surface area (Å²) in [6, 6.07) is 66.5. The molecule has 0 N–H and O–H groups in total. The van der Waals surface area contributed by atoms with Gasteiger partial charge in [-0.2, -0.15) is 21.0 Å². The molecular formula is C72H44N4. The first kappa shape index (κ1) is 44.6. The summed E-state index contributed by atoms with van der Waals surface area (Å²) in [6.45, 7) is 12.6. The smallest absolute Gasteiger partial charge is 0.0991 e. The fourth-order valence-electron chi connectivity index (χ4n) is 13.6. The number of aryl methyl sites for hydroxylation is 6. The Morgan fingerprint density at radius 3 is 0.868 bits per heavy atom. The lowest BCUT2D eigenvalue weighted by Gasteiger charge is -2.20. The SMILES string of the molecule is Cc1cc(C#N)ccc1-c1cc2c3cc4c(cc3c(-c3ccc(C#N)cc3C)cc2c2cc3c(cc12)-c1ccc(-c2c(C)cc(C#N)cc2C)c2cccc-3c12)-c1ccc(-c2c(C)cc(C#N)cc2C)c2cccc-4c12. The molecule has 12 aromatic rings. The van der Waals surface area contributed by atoms with Crippen LogP contribution in [0.3, 0.4) is 0 Å². The first-order chi connectivity index (χ1) is 37.0. The van der Waals surface area contributed by atoms with Gasteiger partial charge in [0.1, 0.15) is 0 Å². The van der Waals surface area contributed by atoms with Crippen LogP contribution in [0.15, 0.2) is 158 Å². The largest absolute Gasteiger partial charge is 0.192 e. The van der Waals surface area contributed by atoms with Crippen molar-refractivity contribution < 1.29 is 0 Å². The number of rotatable bonds is 4. The third-order valence-electron chi connectivity index (χ3n) is 16.7. The van der Waals surface area contributed by atoms with Gasteiger partial charge in [0.15, 0.2) is 0 Å². The highest BCUT2D eigenvalue weighted by molar-refractivity contribution is 6.30. The summed E-state index contributed by atoms with van der Waals surface area (Å²) in [6.07, 6.45) is 0. The molecule has 4 nitrogen and oxygen atoms in total. The third kappa shape index (κ3) is 6.20.